The quantitative estimate of drug-likeness (QED) is 0.709. The molecule has 1 saturated carbocycles. The summed E-state index contributed by atoms with van der Waals surface area (Å²) in [5, 5.41) is 11.4. The van der Waals surface area contributed by atoms with E-state index in [0.29, 0.717) is 12.1 Å². The third kappa shape index (κ3) is 3.85. The van der Waals surface area contributed by atoms with Crippen molar-refractivity contribution in [3.05, 3.63) is 47.9 Å². The first kappa shape index (κ1) is 17.0. The number of nitrogens with zero attached hydrogens (tertiary/aromatic N) is 3. The van der Waals surface area contributed by atoms with E-state index < -0.39 is 0 Å². The van der Waals surface area contributed by atoms with Crippen LogP contribution in [0.2, 0.25) is 0 Å². The van der Waals surface area contributed by atoms with Crippen LogP contribution in [-0.4, -0.2) is 38.9 Å². The fourth-order valence-electron chi connectivity index (χ4n) is 3.67. The lowest BCUT2D eigenvalue weighted by Crippen LogP contribution is -2.30. The lowest BCUT2D eigenvalue weighted by Gasteiger charge is -2.29. The minimum absolute atomic E-state index is 0.372. The molecule has 136 valence electrons. The van der Waals surface area contributed by atoms with Gasteiger partial charge in [-0.15, -0.1) is 0 Å². The fourth-order valence-corrected chi connectivity index (χ4v) is 3.67. The first-order valence-corrected chi connectivity index (χ1v) is 9.36. The first-order chi connectivity index (χ1) is 12.8. The Kier molecular flexibility index (Phi) is 5.11. The van der Waals surface area contributed by atoms with E-state index in [0.717, 1.165) is 55.6 Å². The van der Waals surface area contributed by atoms with Crippen LogP contribution in [0.4, 0.5) is 5.82 Å². The van der Waals surface area contributed by atoms with Crippen molar-refractivity contribution in [1.29, 1.82) is 0 Å². The largest absolute Gasteiger partial charge is 0.378 e. The van der Waals surface area contributed by atoms with Gasteiger partial charge in [-0.2, -0.15) is 5.10 Å². The zero-order valence-corrected chi connectivity index (χ0v) is 15.1. The van der Waals surface area contributed by atoms with Crippen molar-refractivity contribution >= 4 is 16.9 Å². The number of rotatable bonds is 6. The second-order valence-corrected chi connectivity index (χ2v) is 7.02. The fraction of sp³-hybridized carbons (Fsp3) is 0.450. The van der Waals surface area contributed by atoms with Gasteiger partial charge in [0.25, 0.3) is 0 Å². The highest BCUT2D eigenvalue weighted by Crippen LogP contribution is 2.26. The molecule has 4 rings (SSSR count). The van der Waals surface area contributed by atoms with Crippen LogP contribution in [0.15, 0.2) is 36.8 Å². The maximum Gasteiger partial charge on any atom is 0.160 e. The zero-order valence-electron chi connectivity index (χ0n) is 15.1. The van der Waals surface area contributed by atoms with E-state index >= 15 is 0 Å². The lowest BCUT2D eigenvalue weighted by molar-refractivity contribution is 0.0282. The van der Waals surface area contributed by atoms with Gasteiger partial charge in [0.05, 0.1) is 24.3 Å². The first-order valence-electron chi connectivity index (χ1n) is 9.36. The molecule has 0 atom stereocenters. The molecule has 0 spiro atoms. The van der Waals surface area contributed by atoms with Gasteiger partial charge in [-0.05, 0) is 50.2 Å². The lowest BCUT2D eigenvalue weighted by atomic mass is 9.93. The Morgan fingerprint density at radius 2 is 2.00 bits per heavy atom. The minimum atomic E-state index is 0.372. The van der Waals surface area contributed by atoms with Crippen LogP contribution in [0.5, 0.6) is 0 Å². The molecule has 6 heteroatoms. The van der Waals surface area contributed by atoms with Crippen LogP contribution >= 0.6 is 0 Å². The van der Waals surface area contributed by atoms with Gasteiger partial charge in [-0.25, -0.2) is 9.97 Å². The van der Waals surface area contributed by atoms with Crippen molar-refractivity contribution in [1.82, 2.24) is 20.2 Å². The molecule has 2 heterocycles. The summed E-state index contributed by atoms with van der Waals surface area (Å²) in [6, 6.07) is 8.97. The number of hydrogen-bond acceptors (Lipinski definition) is 5. The van der Waals surface area contributed by atoms with Crippen LogP contribution < -0.4 is 5.32 Å². The van der Waals surface area contributed by atoms with Gasteiger partial charge in [0.2, 0.25) is 0 Å². The Balaban J connectivity index is 1.24. The van der Waals surface area contributed by atoms with Gasteiger partial charge in [-0.3, -0.25) is 5.10 Å². The summed E-state index contributed by atoms with van der Waals surface area (Å²) in [5.74, 6) is 0.868. The average molecular weight is 351 g/mol. The summed E-state index contributed by atoms with van der Waals surface area (Å²) in [7, 11) is 0. The molecule has 26 heavy (non-hydrogen) atoms. The molecule has 3 aromatic rings. The number of hydrogen-bond donors (Lipinski definition) is 2. The minimum Gasteiger partial charge on any atom is -0.378 e. The standard InChI is InChI=1S/C20H25N5O/c1-14-4-2-3-5-15(14)10-11-26-17-8-6-16(7-9-17)24-19-18-12-23-25-20(18)22-13-21-19/h2-5,12-13,16-17H,6-11H2,1H3,(H2,21,22,23,24,25)/t16-,17-. The topological polar surface area (TPSA) is 75.7 Å². The van der Waals surface area contributed by atoms with Crippen molar-refractivity contribution in [2.75, 3.05) is 11.9 Å². The summed E-state index contributed by atoms with van der Waals surface area (Å²) < 4.78 is 6.13. The van der Waals surface area contributed by atoms with Gasteiger partial charge >= 0.3 is 0 Å². The van der Waals surface area contributed by atoms with E-state index in [1.165, 1.54) is 11.1 Å². The summed E-state index contributed by atoms with van der Waals surface area (Å²) in [6.45, 7) is 2.96. The van der Waals surface area contributed by atoms with Crippen molar-refractivity contribution in [2.24, 2.45) is 0 Å². The summed E-state index contributed by atoms with van der Waals surface area (Å²) in [5.41, 5.74) is 3.51. The molecule has 1 aromatic carbocycles. The average Bonchev–Trinajstić information content (AvgIpc) is 3.15. The number of aromatic amines is 1. The highest BCUT2D eigenvalue weighted by atomic mass is 16.5. The van der Waals surface area contributed by atoms with E-state index in [2.05, 4.69) is 56.7 Å². The zero-order chi connectivity index (χ0) is 17.8. The van der Waals surface area contributed by atoms with E-state index in [9.17, 15) is 0 Å². The molecule has 1 aliphatic carbocycles. The molecule has 0 aliphatic heterocycles. The van der Waals surface area contributed by atoms with Crippen LogP contribution in [-0.2, 0) is 11.2 Å². The highest BCUT2D eigenvalue weighted by Gasteiger charge is 2.22. The van der Waals surface area contributed by atoms with Crippen LogP contribution in [0.3, 0.4) is 0 Å². The van der Waals surface area contributed by atoms with E-state index in [1.807, 2.05) is 0 Å². The Morgan fingerprint density at radius 1 is 1.15 bits per heavy atom. The molecule has 1 fully saturated rings. The molecule has 0 radical (unpaired) electrons. The molecule has 2 N–H and O–H groups in total. The SMILES string of the molecule is Cc1ccccc1CCO[C@H]1CC[C@H](Nc2ncnc3[nH]ncc23)CC1. The third-order valence-electron chi connectivity index (χ3n) is 5.25. The molecule has 0 saturated heterocycles. The van der Waals surface area contributed by atoms with Gasteiger partial charge < -0.3 is 10.1 Å². The second-order valence-electron chi connectivity index (χ2n) is 7.02. The Hall–Kier alpha value is -2.47. The predicted octanol–water partition coefficient (Wildman–Crippen LogP) is 3.64. The number of benzene rings is 1. The number of anilines is 1. The van der Waals surface area contributed by atoms with E-state index in [1.54, 1.807) is 12.5 Å². The predicted molar refractivity (Wildman–Crippen MR) is 102 cm³/mol. The van der Waals surface area contributed by atoms with Gasteiger partial charge in [0, 0.05) is 6.04 Å². The van der Waals surface area contributed by atoms with Crippen LogP contribution in [0.1, 0.15) is 36.8 Å². The molecule has 0 amide bonds. The Bertz CT molecular complexity index is 854. The monoisotopic (exact) mass is 351 g/mol. The number of aryl methyl sites for hydroxylation is 1. The van der Waals surface area contributed by atoms with Crippen molar-refractivity contribution in [3.63, 3.8) is 0 Å². The second kappa shape index (κ2) is 7.83. The molecular weight excluding hydrogens is 326 g/mol. The number of ether oxygens (including phenoxy) is 1. The van der Waals surface area contributed by atoms with Crippen molar-refractivity contribution in [2.45, 2.75) is 51.2 Å². The molecule has 1 aliphatic rings. The van der Waals surface area contributed by atoms with E-state index in [4.69, 9.17) is 4.74 Å². The Morgan fingerprint density at radius 3 is 2.85 bits per heavy atom. The maximum absolute atomic E-state index is 6.13. The summed E-state index contributed by atoms with van der Waals surface area (Å²) >= 11 is 0. The number of fused-ring (bicyclic) bond motifs is 1. The molecule has 2 aromatic heterocycles. The Labute approximate surface area is 153 Å². The van der Waals surface area contributed by atoms with Crippen LogP contribution in [0.25, 0.3) is 11.0 Å². The number of H-pyrrole nitrogens is 1. The summed E-state index contributed by atoms with van der Waals surface area (Å²) in [4.78, 5) is 8.55. The van der Waals surface area contributed by atoms with Crippen LogP contribution in [0, 0.1) is 6.92 Å². The smallest absolute Gasteiger partial charge is 0.160 e. The maximum atomic E-state index is 6.13. The molecular formula is C20H25N5O. The molecule has 6 nitrogen and oxygen atoms in total. The van der Waals surface area contributed by atoms with Gasteiger partial charge in [0.15, 0.2) is 5.65 Å². The highest BCUT2D eigenvalue weighted by molar-refractivity contribution is 5.85. The van der Waals surface area contributed by atoms with E-state index in [-0.39, 0.29) is 0 Å². The van der Waals surface area contributed by atoms with Crippen molar-refractivity contribution in [3.8, 4) is 0 Å². The normalized spacial score (nSPS) is 20.3. The van der Waals surface area contributed by atoms with Gasteiger partial charge in [0.1, 0.15) is 12.1 Å². The third-order valence-corrected chi connectivity index (χ3v) is 5.25. The molecule has 0 bridgehead atoms. The summed E-state index contributed by atoms with van der Waals surface area (Å²) in [6.07, 6.45) is 9.08. The molecule has 0 unspecified atom stereocenters. The number of nitrogens with one attached hydrogen (secondary N) is 2. The van der Waals surface area contributed by atoms with Gasteiger partial charge in [-0.1, -0.05) is 24.3 Å². The van der Waals surface area contributed by atoms with Crippen molar-refractivity contribution < 1.29 is 4.74 Å². The number of aromatic nitrogens is 4.